The summed E-state index contributed by atoms with van der Waals surface area (Å²) < 4.78 is 2.20. The van der Waals surface area contributed by atoms with Crippen molar-refractivity contribution in [2.75, 3.05) is 11.9 Å². The molecular weight excluding hydrogens is 300 g/mol. The summed E-state index contributed by atoms with van der Waals surface area (Å²) in [5.41, 5.74) is 10.0. The van der Waals surface area contributed by atoms with Crippen molar-refractivity contribution in [2.24, 2.45) is 16.6 Å². The second-order valence-corrected chi connectivity index (χ2v) is 6.87. The molecule has 6 nitrogen and oxygen atoms in total. The molecule has 6 heteroatoms. The smallest absolute Gasteiger partial charge is 0.193 e. The lowest BCUT2D eigenvalue weighted by atomic mass is 9.99. The quantitative estimate of drug-likeness (QED) is 0.669. The Morgan fingerprint density at radius 3 is 3.08 bits per heavy atom. The van der Waals surface area contributed by atoms with Crippen LogP contribution >= 0.6 is 0 Å². The van der Waals surface area contributed by atoms with Gasteiger partial charge in [-0.25, -0.2) is 0 Å². The van der Waals surface area contributed by atoms with E-state index in [1.807, 2.05) is 6.92 Å². The zero-order valence-corrected chi connectivity index (χ0v) is 14.1. The van der Waals surface area contributed by atoms with Gasteiger partial charge in [0.2, 0.25) is 0 Å². The Bertz CT molecular complexity index is 776. The molecule has 0 fully saturated rings. The lowest BCUT2D eigenvalue weighted by molar-refractivity contribution is 0.370. The number of nitrogens with two attached hydrogens (primary N) is 1. The molecule has 3 N–H and O–H groups in total. The van der Waals surface area contributed by atoms with E-state index >= 15 is 0 Å². The van der Waals surface area contributed by atoms with Crippen LogP contribution in [0.2, 0.25) is 0 Å². The van der Waals surface area contributed by atoms with Gasteiger partial charge in [0.15, 0.2) is 5.96 Å². The molecule has 24 heavy (non-hydrogen) atoms. The van der Waals surface area contributed by atoms with Crippen LogP contribution in [-0.4, -0.2) is 27.3 Å². The highest BCUT2D eigenvalue weighted by Crippen LogP contribution is 2.25. The van der Waals surface area contributed by atoms with Gasteiger partial charge in [-0.2, -0.15) is 0 Å². The third-order valence-corrected chi connectivity index (χ3v) is 5.12. The number of guanidine groups is 1. The molecule has 0 bridgehead atoms. The maximum Gasteiger partial charge on any atom is 0.193 e. The van der Waals surface area contributed by atoms with Crippen molar-refractivity contribution in [2.45, 2.75) is 45.6 Å². The fourth-order valence-electron chi connectivity index (χ4n) is 3.74. The summed E-state index contributed by atoms with van der Waals surface area (Å²) in [6.45, 7) is 3.68. The van der Waals surface area contributed by atoms with E-state index in [0.717, 1.165) is 43.3 Å². The average molecular weight is 324 g/mol. The van der Waals surface area contributed by atoms with E-state index in [9.17, 15) is 0 Å². The van der Waals surface area contributed by atoms with E-state index in [4.69, 9.17) is 5.73 Å². The number of hydrogen-bond donors (Lipinski definition) is 2. The van der Waals surface area contributed by atoms with Gasteiger partial charge in [-0.15, -0.1) is 10.2 Å². The van der Waals surface area contributed by atoms with E-state index in [1.165, 1.54) is 30.4 Å². The van der Waals surface area contributed by atoms with Crippen molar-refractivity contribution in [1.29, 1.82) is 0 Å². The lowest BCUT2D eigenvalue weighted by Crippen LogP contribution is -2.27. The second kappa shape index (κ2) is 6.26. The van der Waals surface area contributed by atoms with Crippen LogP contribution in [0.25, 0.3) is 0 Å². The van der Waals surface area contributed by atoms with Crippen molar-refractivity contribution < 1.29 is 0 Å². The molecule has 0 radical (unpaired) electrons. The number of anilines is 1. The predicted molar refractivity (Wildman–Crippen MR) is 95.1 cm³/mol. The molecular formula is C18H24N6. The molecule has 126 valence electrons. The summed E-state index contributed by atoms with van der Waals surface area (Å²) in [7, 11) is 0. The van der Waals surface area contributed by atoms with Gasteiger partial charge in [0, 0.05) is 25.2 Å². The largest absolute Gasteiger partial charge is 0.370 e. The summed E-state index contributed by atoms with van der Waals surface area (Å²) >= 11 is 0. The van der Waals surface area contributed by atoms with Gasteiger partial charge in [-0.3, -0.25) is 4.99 Å². The highest BCUT2D eigenvalue weighted by atomic mass is 15.3. The normalized spacial score (nSPS) is 19.9. The first-order chi connectivity index (χ1) is 11.7. The van der Waals surface area contributed by atoms with E-state index in [2.05, 4.69) is 43.3 Å². The summed E-state index contributed by atoms with van der Waals surface area (Å²) in [6.07, 6.45) is 5.69. The van der Waals surface area contributed by atoms with Crippen molar-refractivity contribution in [3.8, 4) is 0 Å². The van der Waals surface area contributed by atoms with E-state index < -0.39 is 0 Å². The number of rotatable bonds is 3. The minimum atomic E-state index is 0.493. The van der Waals surface area contributed by atoms with E-state index in [-0.39, 0.29) is 0 Å². The van der Waals surface area contributed by atoms with Crippen molar-refractivity contribution in [1.82, 2.24) is 14.8 Å². The number of fused-ring (bicyclic) bond motifs is 2. The molecule has 1 aromatic carbocycles. The maximum absolute atomic E-state index is 6.08. The molecule has 1 aromatic heterocycles. The summed E-state index contributed by atoms with van der Waals surface area (Å²) in [6, 6.07) is 6.51. The molecule has 1 atom stereocenters. The summed E-state index contributed by atoms with van der Waals surface area (Å²) in [5, 5.41) is 11.6. The molecule has 0 amide bonds. The SMILES string of the molecule is Cc1nnc2n1CC(CN=C(N)Nc1ccc3c(c1)CCC3)CC2. The van der Waals surface area contributed by atoms with Crippen LogP contribution in [0.4, 0.5) is 5.69 Å². The van der Waals surface area contributed by atoms with Crippen LogP contribution in [0.15, 0.2) is 23.2 Å². The van der Waals surface area contributed by atoms with Crippen LogP contribution < -0.4 is 11.1 Å². The molecule has 0 saturated carbocycles. The molecule has 0 spiro atoms. The predicted octanol–water partition coefficient (Wildman–Crippen LogP) is 2.06. The van der Waals surface area contributed by atoms with Crippen LogP contribution in [0, 0.1) is 12.8 Å². The van der Waals surface area contributed by atoms with Gasteiger partial charge in [0.05, 0.1) is 0 Å². The van der Waals surface area contributed by atoms with Crippen LogP contribution in [0.5, 0.6) is 0 Å². The number of benzene rings is 1. The highest BCUT2D eigenvalue weighted by molar-refractivity contribution is 5.92. The van der Waals surface area contributed by atoms with Gasteiger partial charge in [-0.1, -0.05) is 6.07 Å². The third-order valence-electron chi connectivity index (χ3n) is 5.12. The minimum absolute atomic E-state index is 0.493. The first-order valence-electron chi connectivity index (χ1n) is 8.76. The van der Waals surface area contributed by atoms with Gasteiger partial charge in [-0.05, 0) is 61.8 Å². The van der Waals surface area contributed by atoms with Crippen LogP contribution in [0.3, 0.4) is 0 Å². The maximum atomic E-state index is 6.08. The highest BCUT2D eigenvalue weighted by Gasteiger charge is 2.21. The lowest BCUT2D eigenvalue weighted by Gasteiger charge is -2.22. The Kier molecular flexibility index (Phi) is 3.96. The topological polar surface area (TPSA) is 81.1 Å². The van der Waals surface area contributed by atoms with Gasteiger partial charge < -0.3 is 15.6 Å². The molecule has 2 aromatic rings. The van der Waals surface area contributed by atoms with Crippen molar-refractivity contribution in [3.63, 3.8) is 0 Å². The van der Waals surface area contributed by atoms with E-state index in [0.29, 0.717) is 11.9 Å². The van der Waals surface area contributed by atoms with Crippen molar-refractivity contribution >= 4 is 11.6 Å². The number of aliphatic imine (C=N–C) groups is 1. The van der Waals surface area contributed by atoms with Crippen LogP contribution in [-0.2, 0) is 25.8 Å². The minimum Gasteiger partial charge on any atom is -0.370 e. The number of aryl methyl sites for hydroxylation is 4. The zero-order chi connectivity index (χ0) is 16.5. The molecule has 1 aliphatic carbocycles. The Morgan fingerprint density at radius 1 is 1.29 bits per heavy atom. The number of hydrogen-bond acceptors (Lipinski definition) is 3. The zero-order valence-electron chi connectivity index (χ0n) is 14.1. The number of aromatic nitrogens is 3. The Hall–Kier alpha value is -2.37. The number of nitrogens with one attached hydrogen (secondary N) is 1. The fourth-order valence-corrected chi connectivity index (χ4v) is 3.74. The first-order valence-corrected chi connectivity index (χ1v) is 8.76. The Balaban J connectivity index is 1.37. The first kappa shape index (κ1) is 15.2. The average Bonchev–Trinajstić information content (AvgIpc) is 3.19. The van der Waals surface area contributed by atoms with E-state index in [1.54, 1.807) is 0 Å². The third kappa shape index (κ3) is 3.00. The van der Waals surface area contributed by atoms with Crippen LogP contribution in [0.1, 0.15) is 35.6 Å². The van der Waals surface area contributed by atoms with Gasteiger partial charge >= 0.3 is 0 Å². The molecule has 4 rings (SSSR count). The Labute approximate surface area is 142 Å². The summed E-state index contributed by atoms with van der Waals surface area (Å²) in [4.78, 5) is 4.55. The molecule has 1 aliphatic heterocycles. The summed E-state index contributed by atoms with van der Waals surface area (Å²) in [5.74, 6) is 3.08. The van der Waals surface area contributed by atoms with Gasteiger partial charge in [0.1, 0.15) is 11.6 Å². The van der Waals surface area contributed by atoms with Crippen molar-refractivity contribution in [3.05, 3.63) is 41.0 Å². The second-order valence-electron chi connectivity index (χ2n) is 6.87. The van der Waals surface area contributed by atoms with Gasteiger partial charge in [0.25, 0.3) is 0 Å². The standard InChI is InChI=1S/C18H24N6/c1-12-22-23-17-8-5-13(11-24(12)17)10-20-18(19)21-16-7-6-14-3-2-4-15(14)9-16/h6-7,9,13H,2-5,8,10-11H2,1H3,(H3,19,20,21). The molecule has 0 saturated heterocycles. The molecule has 1 unspecified atom stereocenters. The fraction of sp³-hybridized carbons (Fsp3) is 0.500. The number of nitrogens with zero attached hydrogens (tertiary/aromatic N) is 4. The molecule has 2 heterocycles. The monoisotopic (exact) mass is 324 g/mol. The Morgan fingerprint density at radius 2 is 2.17 bits per heavy atom. The molecule has 2 aliphatic rings.